The normalized spacial score (nSPS) is 13.9. The van der Waals surface area contributed by atoms with Crippen LogP contribution in [0.4, 0.5) is 10.5 Å². The van der Waals surface area contributed by atoms with E-state index >= 15 is 0 Å². The molecule has 0 bridgehead atoms. The first-order valence-electron chi connectivity index (χ1n) is 17.3. The average molecular weight is 692 g/mol. The minimum absolute atomic E-state index is 0.0263. The lowest BCUT2D eigenvalue weighted by molar-refractivity contribution is -0.158. The maximum absolute atomic E-state index is 13.0. The summed E-state index contributed by atoms with van der Waals surface area (Å²) >= 11 is 0. The molecular weight excluding hydrogens is 634 g/mol. The Morgan fingerprint density at radius 1 is 0.898 bits per heavy atom. The molecule has 1 saturated heterocycles. The second-order valence-electron chi connectivity index (χ2n) is 12.8. The quantitative estimate of drug-likeness (QED) is 0.144. The van der Waals surface area contributed by atoms with Gasteiger partial charge in [0.15, 0.2) is 5.78 Å². The monoisotopic (exact) mass is 691 g/mol. The number of morpholine rings is 1. The molecule has 2 N–H and O–H groups in total. The molecule has 1 heterocycles. The number of nitrogens with zero attached hydrogens (tertiary/aromatic N) is 3. The van der Waals surface area contributed by atoms with Gasteiger partial charge in [-0.15, -0.1) is 0 Å². The summed E-state index contributed by atoms with van der Waals surface area (Å²) < 4.78 is 16.7. The van der Waals surface area contributed by atoms with Crippen molar-refractivity contribution in [1.29, 1.82) is 0 Å². The summed E-state index contributed by atoms with van der Waals surface area (Å²) in [5.41, 5.74) is 3.94. The molecule has 0 unspecified atom stereocenters. The van der Waals surface area contributed by atoms with E-state index in [0.717, 1.165) is 30.9 Å². The van der Waals surface area contributed by atoms with Gasteiger partial charge in [-0.2, -0.15) is 5.48 Å². The molecule has 14 heteroatoms. The van der Waals surface area contributed by atoms with E-state index < -0.39 is 24.0 Å². The van der Waals surface area contributed by atoms with Gasteiger partial charge in [0.05, 0.1) is 32.5 Å². The Labute approximate surface area is 291 Å². The van der Waals surface area contributed by atoms with Crippen molar-refractivity contribution < 1.29 is 43.0 Å². The summed E-state index contributed by atoms with van der Waals surface area (Å²) in [6.45, 7) is 14.7. The van der Waals surface area contributed by atoms with Crippen LogP contribution in [-0.2, 0) is 44.8 Å². The molecule has 0 aromatic heterocycles. The average Bonchev–Trinajstić information content (AvgIpc) is 3.08. The fraction of sp³-hybridized carbons (Fsp3) is 0.686. The summed E-state index contributed by atoms with van der Waals surface area (Å²) in [5.74, 6) is -1.66. The molecule has 276 valence electrons. The fourth-order valence-electron chi connectivity index (χ4n) is 4.95. The first-order valence-corrected chi connectivity index (χ1v) is 17.3. The molecule has 1 aromatic rings. The molecule has 0 spiro atoms. The maximum Gasteiger partial charge on any atom is 0.410 e. The van der Waals surface area contributed by atoms with Crippen molar-refractivity contribution in [3.8, 4) is 0 Å². The predicted octanol–water partition coefficient (Wildman–Crippen LogP) is 3.39. The van der Waals surface area contributed by atoms with Crippen LogP contribution in [0.2, 0.25) is 0 Å². The zero-order valence-corrected chi connectivity index (χ0v) is 30.2. The van der Waals surface area contributed by atoms with Crippen LogP contribution in [0.1, 0.15) is 72.3 Å². The zero-order valence-electron chi connectivity index (χ0n) is 30.2. The highest BCUT2D eigenvalue weighted by Crippen LogP contribution is 2.13. The number of rotatable bonds is 21. The molecule has 49 heavy (non-hydrogen) atoms. The van der Waals surface area contributed by atoms with Crippen molar-refractivity contribution in [3.05, 3.63) is 29.8 Å². The highest BCUT2D eigenvalue weighted by atomic mass is 16.7. The first-order chi connectivity index (χ1) is 23.4. The smallest absolute Gasteiger partial charge is 0.410 e. The van der Waals surface area contributed by atoms with Crippen LogP contribution in [0.25, 0.3) is 0 Å². The Morgan fingerprint density at radius 2 is 1.59 bits per heavy atom. The van der Waals surface area contributed by atoms with E-state index in [4.69, 9.17) is 19.0 Å². The van der Waals surface area contributed by atoms with Gasteiger partial charge < -0.3 is 34.2 Å². The van der Waals surface area contributed by atoms with Crippen LogP contribution in [0.15, 0.2) is 24.3 Å². The number of benzene rings is 1. The van der Waals surface area contributed by atoms with Crippen LogP contribution >= 0.6 is 0 Å². The van der Waals surface area contributed by atoms with Gasteiger partial charge in [0.2, 0.25) is 5.91 Å². The standard InChI is InChI=1S/C35H57N5O9/c1-26(2)34(44)28(5)38(6)32(42)10-7-9-31(41)37-49-33(43)11-8-16-40(20-24-47-23-19-39-17-21-46-22-18-39)35(45)48-25-29-12-14-30(15-13-29)36-27(3)4/h12-15,26-28,36H,7-11,16-25H2,1-6H3,(H,37,41)/t28-/m1/s1. The van der Waals surface area contributed by atoms with Crippen LogP contribution < -0.4 is 10.8 Å². The van der Waals surface area contributed by atoms with E-state index in [9.17, 15) is 24.0 Å². The maximum atomic E-state index is 13.0. The number of amides is 3. The number of Topliss-reactive ketones (excluding diaryl/α,β-unsaturated/α-hetero) is 1. The van der Waals surface area contributed by atoms with Crippen LogP contribution in [0, 0.1) is 5.92 Å². The highest BCUT2D eigenvalue weighted by molar-refractivity contribution is 5.90. The first kappa shape index (κ1) is 41.4. The minimum Gasteiger partial charge on any atom is -0.445 e. The Bertz CT molecular complexity index is 1170. The van der Waals surface area contributed by atoms with Gasteiger partial charge in [-0.1, -0.05) is 26.0 Å². The molecule has 2 rings (SSSR count). The van der Waals surface area contributed by atoms with E-state index in [1.165, 1.54) is 9.80 Å². The van der Waals surface area contributed by atoms with Gasteiger partial charge in [0, 0.05) is 76.7 Å². The second-order valence-corrected chi connectivity index (χ2v) is 12.8. The minimum atomic E-state index is -0.657. The molecule has 3 amide bonds. The number of hydrogen-bond acceptors (Lipinski definition) is 11. The molecule has 14 nitrogen and oxygen atoms in total. The number of carbonyl (C=O) groups is 5. The summed E-state index contributed by atoms with van der Waals surface area (Å²) in [6.07, 6.45) is 0.00245. The van der Waals surface area contributed by atoms with Crippen molar-refractivity contribution in [2.45, 2.75) is 85.4 Å². The molecular formula is C35H57N5O9. The van der Waals surface area contributed by atoms with Gasteiger partial charge in [-0.05, 0) is 51.3 Å². The molecule has 1 aromatic carbocycles. The van der Waals surface area contributed by atoms with E-state index in [2.05, 4.69) is 29.5 Å². The van der Waals surface area contributed by atoms with Gasteiger partial charge in [-0.3, -0.25) is 19.3 Å². The fourth-order valence-corrected chi connectivity index (χ4v) is 4.95. The Hall–Kier alpha value is -3.75. The molecule has 0 aliphatic carbocycles. The molecule has 1 atom stereocenters. The largest absolute Gasteiger partial charge is 0.445 e. The predicted molar refractivity (Wildman–Crippen MR) is 184 cm³/mol. The number of nitrogens with one attached hydrogen (secondary N) is 2. The van der Waals surface area contributed by atoms with Crippen molar-refractivity contribution in [2.24, 2.45) is 5.92 Å². The lowest BCUT2D eigenvalue weighted by Crippen LogP contribution is -2.42. The zero-order chi connectivity index (χ0) is 36.2. The molecule has 0 saturated carbocycles. The number of hydroxylamine groups is 1. The topological polar surface area (TPSA) is 156 Å². The Kier molecular flexibility index (Phi) is 19.3. The van der Waals surface area contributed by atoms with Crippen LogP contribution in [0.5, 0.6) is 0 Å². The summed E-state index contributed by atoms with van der Waals surface area (Å²) in [6, 6.07) is 7.42. The van der Waals surface area contributed by atoms with Crippen molar-refractivity contribution in [2.75, 3.05) is 71.5 Å². The summed E-state index contributed by atoms with van der Waals surface area (Å²) in [5, 5.41) is 3.32. The molecule has 0 radical (unpaired) electrons. The summed E-state index contributed by atoms with van der Waals surface area (Å²) in [7, 11) is 1.57. The lowest BCUT2D eigenvalue weighted by atomic mass is 10.0. The van der Waals surface area contributed by atoms with E-state index in [1.54, 1.807) is 27.8 Å². The Morgan fingerprint density at radius 3 is 2.24 bits per heavy atom. The van der Waals surface area contributed by atoms with Crippen LogP contribution in [-0.4, -0.2) is 123 Å². The number of carbonyl (C=O) groups excluding carboxylic acids is 5. The number of anilines is 1. The molecule has 1 aliphatic heterocycles. The third-order valence-electron chi connectivity index (χ3n) is 8.03. The molecule has 1 aliphatic rings. The van der Waals surface area contributed by atoms with Crippen molar-refractivity contribution in [1.82, 2.24) is 20.2 Å². The third kappa shape index (κ3) is 17.0. The second kappa shape index (κ2) is 22.8. The van der Waals surface area contributed by atoms with Gasteiger partial charge in [-0.25, -0.2) is 9.59 Å². The molecule has 1 fully saturated rings. The van der Waals surface area contributed by atoms with Crippen molar-refractivity contribution >= 4 is 35.3 Å². The van der Waals surface area contributed by atoms with Gasteiger partial charge in [0.25, 0.3) is 5.91 Å². The number of likely N-dealkylation sites (N-methyl/N-ethyl adjacent to an activating group) is 1. The van der Waals surface area contributed by atoms with E-state index in [1.807, 2.05) is 24.3 Å². The van der Waals surface area contributed by atoms with Crippen molar-refractivity contribution in [3.63, 3.8) is 0 Å². The Balaban J connectivity index is 1.75. The lowest BCUT2D eigenvalue weighted by Gasteiger charge is -2.26. The van der Waals surface area contributed by atoms with E-state index in [-0.39, 0.29) is 69.4 Å². The number of ketones is 1. The van der Waals surface area contributed by atoms with Gasteiger partial charge >= 0.3 is 12.1 Å². The summed E-state index contributed by atoms with van der Waals surface area (Å²) in [4.78, 5) is 72.1. The number of ether oxygens (including phenoxy) is 3. The highest BCUT2D eigenvalue weighted by Gasteiger charge is 2.24. The van der Waals surface area contributed by atoms with E-state index in [0.29, 0.717) is 32.5 Å². The van der Waals surface area contributed by atoms with Crippen LogP contribution in [0.3, 0.4) is 0 Å². The number of hydrogen-bond donors (Lipinski definition) is 2. The third-order valence-corrected chi connectivity index (χ3v) is 8.03. The SMILES string of the molecule is CC(C)Nc1ccc(COC(=O)N(CCCC(=O)ONC(=O)CCCC(=O)N(C)[C@H](C)C(=O)C(C)C)CCOCCN2CCOCC2)cc1. The van der Waals surface area contributed by atoms with Gasteiger partial charge in [0.1, 0.15) is 6.61 Å².